The normalized spacial score (nSPS) is 13.8. The van der Waals surface area contributed by atoms with Gasteiger partial charge in [-0.2, -0.15) is 0 Å². The summed E-state index contributed by atoms with van der Waals surface area (Å²) in [6, 6.07) is 85.2. The van der Waals surface area contributed by atoms with Crippen molar-refractivity contribution in [3.63, 3.8) is 0 Å². The summed E-state index contributed by atoms with van der Waals surface area (Å²) >= 11 is 0. The standard InChI is InChI=1S/3C22H26N.2C19H20N.C17H16N/c3*1-14(2)18-7-8-20-19(13-18)9-10-23(6)22(20)21-12-15(3)11-16(4)17(21)5;2*1-13-11-14(2)15(3)18(12-13)19-17-8-6-5-7-16(17)9-10-20(19)4;1-13-7-3-6-10-16(13)17-11-14-8-4-5-9-15(14)12-18(17)2/h3*7-14H,1-6H3;2*5-12H,1-4H3;3-12H,1-2H3/q6*+1/i1D3,4D3,14D;4D3,14D;;2D3;;. The molecular weight excluding hydrogens is 1540 g/mol. The molecule has 0 amide bonds. The number of aryl methyl sites for hydroxylation is 17. The first-order chi connectivity index (χ1) is 66.0. The second kappa shape index (κ2) is 39.3. The van der Waals surface area contributed by atoms with Crippen LogP contribution in [-0.4, -0.2) is 0 Å². The maximum Gasteiger partial charge on any atom is 0.220 e. The Kier molecular flexibility index (Phi) is 23.0. The van der Waals surface area contributed by atoms with Crippen LogP contribution in [0.3, 0.4) is 0 Å². The fourth-order valence-corrected chi connectivity index (χ4v) is 17.6. The lowest BCUT2D eigenvalue weighted by Crippen LogP contribution is -2.30. The van der Waals surface area contributed by atoms with Gasteiger partial charge < -0.3 is 0 Å². The van der Waals surface area contributed by atoms with Crippen molar-refractivity contribution in [2.24, 2.45) is 42.3 Å². The number of benzene rings is 12. The van der Waals surface area contributed by atoms with E-state index in [0.29, 0.717) is 33.7 Å². The van der Waals surface area contributed by atoms with Crippen molar-refractivity contribution in [3.8, 4) is 67.5 Å². The van der Waals surface area contributed by atoms with Crippen molar-refractivity contribution >= 4 is 64.6 Å². The molecule has 12 aromatic carbocycles. The predicted molar refractivity (Wildman–Crippen MR) is 541 cm³/mol. The number of aromatic nitrogens is 6. The molecule has 0 aliphatic rings. The summed E-state index contributed by atoms with van der Waals surface area (Å²) in [5.74, 6) is -1.84. The van der Waals surface area contributed by atoms with Gasteiger partial charge in [-0.05, 0) is 311 Å². The Hall–Kier alpha value is -12.9. The zero-order valence-electron chi connectivity index (χ0n) is 92.9. The Morgan fingerprint density at radius 2 is 0.528 bits per heavy atom. The molecule has 1 unspecified atom stereocenters. The summed E-state index contributed by atoms with van der Waals surface area (Å²) in [6.45, 7) is 27.5. The molecule has 0 saturated heterocycles. The maximum atomic E-state index is 8.38. The maximum absolute atomic E-state index is 8.38. The topological polar surface area (TPSA) is 23.3 Å². The van der Waals surface area contributed by atoms with Crippen molar-refractivity contribution in [2.75, 3.05) is 0 Å². The van der Waals surface area contributed by atoms with Gasteiger partial charge in [0.15, 0.2) is 37.2 Å². The highest BCUT2D eigenvalue weighted by molar-refractivity contribution is 5.99. The second-order valence-corrected chi connectivity index (χ2v) is 35.5. The third-order valence-electron chi connectivity index (χ3n) is 25.2. The van der Waals surface area contributed by atoms with Gasteiger partial charge in [0.2, 0.25) is 34.2 Å². The lowest BCUT2D eigenvalue weighted by Gasteiger charge is -2.12. The predicted octanol–water partition coefficient (Wildman–Crippen LogP) is 28.3. The lowest BCUT2D eigenvalue weighted by atomic mass is 9.93. The highest BCUT2D eigenvalue weighted by atomic mass is 14.9. The molecule has 6 heteroatoms. The summed E-state index contributed by atoms with van der Waals surface area (Å²) < 4.78 is 123. The molecule has 6 aromatic heterocycles. The zero-order valence-corrected chi connectivity index (χ0v) is 78.9. The molecule has 0 bridgehead atoms. The average molecular weight is 1690 g/mol. The van der Waals surface area contributed by atoms with Gasteiger partial charge in [0.1, 0.15) is 42.3 Å². The summed E-state index contributed by atoms with van der Waals surface area (Å²) in [5, 5.41) is 13.9. The molecule has 0 aliphatic carbocycles. The Morgan fingerprint density at radius 1 is 0.236 bits per heavy atom. The van der Waals surface area contributed by atoms with Gasteiger partial charge in [0, 0.05) is 66.5 Å². The molecule has 0 spiro atoms. The van der Waals surface area contributed by atoms with Crippen molar-refractivity contribution < 1.29 is 46.6 Å². The smallest absolute Gasteiger partial charge is 0.200 e. The van der Waals surface area contributed by atoms with Gasteiger partial charge in [-0.1, -0.05) is 209 Å². The van der Waals surface area contributed by atoms with Crippen LogP contribution >= 0.6 is 0 Å². The first-order valence-electron chi connectivity index (χ1n) is 51.0. The molecule has 0 radical (unpaired) electrons. The molecule has 0 saturated carbocycles. The molecule has 6 nitrogen and oxygen atoms in total. The van der Waals surface area contributed by atoms with Gasteiger partial charge in [-0.3, -0.25) is 0 Å². The molecule has 0 N–H and O–H groups in total. The molecular formula is C121H134N6+6. The number of rotatable bonds is 9. The largest absolute Gasteiger partial charge is 0.220 e. The lowest BCUT2D eigenvalue weighted by molar-refractivity contribution is -0.659. The fraction of sp³-hybridized carbons (Fsp3) is 0.256. The second-order valence-electron chi connectivity index (χ2n) is 35.5. The van der Waals surface area contributed by atoms with Crippen LogP contribution in [0.15, 0.2) is 286 Å². The number of nitrogens with zero attached hydrogens (tertiary/aromatic N) is 6. The highest BCUT2D eigenvalue weighted by Crippen LogP contribution is 2.38. The first kappa shape index (κ1) is 74.4. The Balaban J connectivity index is 0.000000143. The fourth-order valence-electron chi connectivity index (χ4n) is 17.6. The quantitative estimate of drug-likeness (QED) is 0.129. The Bertz CT molecular complexity index is 7820. The minimum absolute atomic E-state index is 0.326. The van der Waals surface area contributed by atoms with E-state index in [2.05, 4.69) is 290 Å². The summed E-state index contributed by atoms with van der Waals surface area (Å²) in [4.78, 5) is 0. The van der Waals surface area contributed by atoms with E-state index < -0.39 is 39.2 Å². The van der Waals surface area contributed by atoms with Gasteiger partial charge >= 0.3 is 0 Å². The monoisotopic (exact) mass is 1690 g/mol. The van der Waals surface area contributed by atoms with E-state index in [1.807, 2.05) is 153 Å². The molecule has 1 atom stereocenters. The van der Waals surface area contributed by atoms with E-state index in [-0.39, 0.29) is 0 Å². The number of fused-ring (bicyclic) bond motifs is 6. The minimum atomic E-state index is -2.45. The molecule has 6 heterocycles. The average Bonchev–Trinajstić information content (AvgIpc) is 0.781. The molecule has 18 rings (SSSR count). The highest BCUT2D eigenvalue weighted by Gasteiger charge is 2.26. The summed E-state index contributed by atoms with van der Waals surface area (Å²) in [7, 11) is 12.2. The SMILES string of the molecule is Cc1cc(C)c(C)c(-c2c3ccc(C(C)C)cc3cc[n+]2C)c1.Cc1cc(C)c(C)c(-c2c3ccccc3cc[n+]2C)c1.Cc1ccccc1-c1cc2ccccc2c[n+]1C.[2H]C([2H])([2H])c1cc(C)cc(-c2c3ccc(C([2H])(C)C([2H])([2H])[2H])cc3cc[n+]2C)c1C.[2H]C([2H])([2H])c1cc(C)cc(-c2c3ccc(C([2H])(C)C)cc3cc[n+]2C)c1C.[2H]C([2H])([2H])c1cc(C)cc(-c2c3ccccc3cc[n+]2C)c1C. The van der Waals surface area contributed by atoms with Crippen LogP contribution in [0.4, 0.5) is 0 Å². The van der Waals surface area contributed by atoms with Crippen molar-refractivity contribution in [2.45, 2.75) is 170 Å². The van der Waals surface area contributed by atoms with Crippen LogP contribution in [0.1, 0.15) is 184 Å². The zero-order chi connectivity index (χ0) is 103. The van der Waals surface area contributed by atoms with Crippen LogP contribution in [0.5, 0.6) is 0 Å². The van der Waals surface area contributed by atoms with Gasteiger partial charge in [0.05, 0.1) is 54.7 Å². The Morgan fingerprint density at radius 3 is 0.874 bits per heavy atom. The first-order valence-corrected chi connectivity index (χ1v) is 44.0. The van der Waals surface area contributed by atoms with E-state index in [0.717, 1.165) is 99.5 Å². The third kappa shape index (κ3) is 20.2. The van der Waals surface area contributed by atoms with E-state index in [1.54, 1.807) is 30.3 Å². The third-order valence-corrected chi connectivity index (χ3v) is 25.2. The van der Waals surface area contributed by atoms with Crippen LogP contribution in [0.2, 0.25) is 0 Å². The summed E-state index contributed by atoms with van der Waals surface area (Å²) in [5.41, 5.74) is 31.8. The molecule has 642 valence electrons. The number of pyridine rings is 6. The van der Waals surface area contributed by atoms with Crippen LogP contribution in [0, 0.1) is 111 Å². The van der Waals surface area contributed by atoms with Crippen LogP contribution < -0.4 is 27.4 Å². The van der Waals surface area contributed by atoms with Crippen molar-refractivity contribution in [1.29, 1.82) is 0 Å². The number of hydrogen-bond acceptors (Lipinski definition) is 0. The number of hydrogen-bond donors (Lipinski definition) is 0. The van der Waals surface area contributed by atoms with Gasteiger partial charge in [-0.15, -0.1) is 0 Å². The van der Waals surface area contributed by atoms with E-state index >= 15 is 0 Å². The van der Waals surface area contributed by atoms with E-state index in [1.165, 1.54) is 118 Å². The molecule has 127 heavy (non-hydrogen) atoms. The van der Waals surface area contributed by atoms with E-state index in [4.69, 9.17) is 19.2 Å². The summed E-state index contributed by atoms with van der Waals surface area (Å²) in [6.07, 6.45) is 12.4. The minimum Gasteiger partial charge on any atom is -0.200 e. The Labute approximate surface area is 778 Å². The molecule has 18 aromatic rings. The van der Waals surface area contributed by atoms with Gasteiger partial charge in [-0.25, -0.2) is 27.4 Å². The van der Waals surface area contributed by atoms with Crippen molar-refractivity contribution in [3.05, 3.63) is 392 Å². The van der Waals surface area contributed by atoms with Gasteiger partial charge in [0.25, 0.3) is 0 Å². The van der Waals surface area contributed by atoms with Crippen LogP contribution in [0.25, 0.3) is 132 Å². The molecule has 0 aliphatic heterocycles. The van der Waals surface area contributed by atoms with Crippen molar-refractivity contribution in [1.82, 2.24) is 0 Å². The van der Waals surface area contributed by atoms with Crippen LogP contribution in [-0.2, 0) is 42.3 Å². The van der Waals surface area contributed by atoms with E-state index in [9.17, 15) is 0 Å². The molecule has 0 fully saturated rings.